The molecule has 1 rings (SSSR count). The minimum atomic E-state index is -0.553. The summed E-state index contributed by atoms with van der Waals surface area (Å²) in [6, 6.07) is 0. The lowest BCUT2D eigenvalue weighted by molar-refractivity contribution is 0.0326. The van der Waals surface area contributed by atoms with Crippen molar-refractivity contribution in [3.05, 3.63) is 18.0 Å². The van der Waals surface area contributed by atoms with Gasteiger partial charge in [0.25, 0.3) is 0 Å². The van der Waals surface area contributed by atoms with Gasteiger partial charge < -0.3 is 5.11 Å². The van der Waals surface area contributed by atoms with E-state index in [-0.39, 0.29) is 0 Å². The lowest BCUT2D eigenvalue weighted by atomic mass is 9.91. The Balaban J connectivity index is 2.67. The van der Waals surface area contributed by atoms with Gasteiger partial charge in [0.05, 0.1) is 11.8 Å². The van der Waals surface area contributed by atoms with Crippen molar-refractivity contribution >= 4 is 0 Å². The SMILES string of the molecule is CCC(O)(CC)Cc1cnn(C)c1. The maximum atomic E-state index is 10.1. The van der Waals surface area contributed by atoms with Crippen molar-refractivity contribution in [1.82, 2.24) is 9.78 Å². The van der Waals surface area contributed by atoms with Crippen LogP contribution >= 0.6 is 0 Å². The molecule has 0 bridgehead atoms. The highest BCUT2D eigenvalue weighted by Gasteiger charge is 2.22. The van der Waals surface area contributed by atoms with E-state index in [0.717, 1.165) is 18.4 Å². The average molecular weight is 182 g/mol. The van der Waals surface area contributed by atoms with Crippen LogP contribution in [0.1, 0.15) is 32.3 Å². The fraction of sp³-hybridized carbons (Fsp3) is 0.700. The van der Waals surface area contributed by atoms with E-state index in [4.69, 9.17) is 0 Å². The fourth-order valence-electron chi connectivity index (χ4n) is 1.44. The molecular weight excluding hydrogens is 164 g/mol. The van der Waals surface area contributed by atoms with E-state index in [2.05, 4.69) is 5.10 Å². The standard InChI is InChI=1S/C10H18N2O/c1-4-10(13,5-2)6-9-7-11-12(3)8-9/h7-8,13H,4-6H2,1-3H3. The number of rotatable bonds is 4. The number of aryl methyl sites for hydroxylation is 1. The Morgan fingerprint density at radius 2 is 2.08 bits per heavy atom. The second-order valence-corrected chi connectivity index (χ2v) is 3.63. The van der Waals surface area contributed by atoms with Gasteiger partial charge in [0.1, 0.15) is 0 Å². The smallest absolute Gasteiger partial charge is 0.0683 e. The van der Waals surface area contributed by atoms with Crippen molar-refractivity contribution in [3.63, 3.8) is 0 Å². The Labute approximate surface area is 79.4 Å². The van der Waals surface area contributed by atoms with Crippen LogP contribution in [0.2, 0.25) is 0 Å². The van der Waals surface area contributed by atoms with E-state index in [1.165, 1.54) is 0 Å². The van der Waals surface area contributed by atoms with Gasteiger partial charge in [-0.2, -0.15) is 5.10 Å². The van der Waals surface area contributed by atoms with Crippen LogP contribution < -0.4 is 0 Å². The van der Waals surface area contributed by atoms with Crippen molar-refractivity contribution < 1.29 is 5.11 Å². The Bertz CT molecular complexity index is 264. The number of aromatic nitrogens is 2. The summed E-state index contributed by atoms with van der Waals surface area (Å²) in [5, 5.41) is 14.1. The normalized spacial score (nSPS) is 12.0. The summed E-state index contributed by atoms with van der Waals surface area (Å²) < 4.78 is 1.76. The minimum Gasteiger partial charge on any atom is -0.390 e. The fourth-order valence-corrected chi connectivity index (χ4v) is 1.44. The first-order chi connectivity index (χ1) is 6.09. The maximum Gasteiger partial charge on any atom is 0.0683 e. The van der Waals surface area contributed by atoms with Gasteiger partial charge in [0.15, 0.2) is 0 Å². The van der Waals surface area contributed by atoms with E-state index >= 15 is 0 Å². The molecule has 0 spiro atoms. The van der Waals surface area contributed by atoms with Gasteiger partial charge in [-0.1, -0.05) is 13.8 Å². The number of hydrogen-bond donors (Lipinski definition) is 1. The molecule has 74 valence electrons. The summed E-state index contributed by atoms with van der Waals surface area (Å²) in [5.74, 6) is 0. The molecule has 0 saturated heterocycles. The predicted molar refractivity (Wildman–Crippen MR) is 52.4 cm³/mol. The average Bonchev–Trinajstić information content (AvgIpc) is 2.51. The van der Waals surface area contributed by atoms with Crippen molar-refractivity contribution in [1.29, 1.82) is 0 Å². The molecule has 1 heterocycles. The summed E-state index contributed by atoms with van der Waals surface area (Å²) >= 11 is 0. The molecule has 0 aliphatic rings. The number of aliphatic hydroxyl groups is 1. The van der Waals surface area contributed by atoms with E-state index in [9.17, 15) is 5.11 Å². The Kier molecular flexibility index (Phi) is 3.09. The molecule has 1 aromatic heterocycles. The second kappa shape index (κ2) is 3.92. The van der Waals surface area contributed by atoms with Gasteiger partial charge in [-0.3, -0.25) is 4.68 Å². The molecule has 0 aliphatic carbocycles. The molecule has 0 fully saturated rings. The molecule has 13 heavy (non-hydrogen) atoms. The lowest BCUT2D eigenvalue weighted by Gasteiger charge is -2.24. The van der Waals surface area contributed by atoms with Gasteiger partial charge in [-0.25, -0.2) is 0 Å². The van der Waals surface area contributed by atoms with Crippen molar-refractivity contribution in [3.8, 4) is 0 Å². The number of hydrogen-bond acceptors (Lipinski definition) is 2. The van der Waals surface area contributed by atoms with Crippen molar-refractivity contribution in [2.75, 3.05) is 0 Å². The highest BCUT2D eigenvalue weighted by Crippen LogP contribution is 2.20. The molecule has 1 aromatic rings. The van der Waals surface area contributed by atoms with Crippen LogP contribution in [0.25, 0.3) is 0 Å². The van der Waals surface area contributed by atoms with Crippen LogP contribution in [-0.2, 0) is 13.5 Å². The van der Waals surface area contributed by atoms with Gasteiger partial charge in [0.2, 0.25) is 0 Å². The van der Waals surface area contributed by atoms with Crippen molar-refractivity contribution in [2.45, 2.75) is 38.7 Å². The molecule has 0 saturated carbocycles. The summed E-state index contributed by atoms with van der Waals surface area (Å²) in [5.41, 5.74) is 0.553. The van der Waals surface area contributed by atoms with Gasteiger partial charge in [0, 0.05) is 19.7 Å². The van der Waals surface area contributed by atoms with Crippen LogP contribution in [0.3, 0.4) is 0 Å². The van der Waals surface area contributed by atoms with E-state index in [1.54, 1.807) is 4.68 Å². The van der Waals surface area contributed by atoms with Crippen LogP contribution in [0.15, 0.2) is 12.4 Å². The second-order valence-electron chi connectivity index (χ2n) is 3.63. The molecule has 0 radical (unpaired) electrons. The highest BCUT2D eigenvalue weighted by molar-refractivity contribution is 5.07. The van der Waals surface area contributed by atoms with Crippen LogP contribution in [0.5, 0.6) is 0 Å². The molecule has 3 nitrogen and oxygen atoms in total. The van der Waals surface area contributed by atoms with Gasteiger partial charge >= 0.3 is 0 Å². The van der Waals surface area contributed by atoms with Gasteiger partial charge in [-0.05, 0) is 18.4 Å². The molecule has 0 atom stereocenters. The van der Waals surface area contributed by atoms with Crippen LogP contribution in [0, 0.1) is 0 Å². The van der Waals surface area contributed by atoms with Gasteiger partial charge in [-0.15, -0.1) is 0 Å². The highest BCUT2D eigenvalue weighted by atomic mass is 16.3. The number of nitrogens with zero attached hydrogens (tertiary/aromatic N) is 2. The first kappa shape index (κ1) is 10.3. The summed E-state index contributed by atoms with van der Waals surface area (Å²) in [6.07, 6.45) is 6.05. The molecule has 0 amide bonds. The third kappa shape index (κ3) is 2.56. The quantitative estimate of drug-likeness (QED) is 0.766. The van der Waals surface area contributed by atoms with Crippen LogP contribution in [0.4, 0.5) is 0 Å². The molecule has 3 heteroatoms. The monoisotopic (exact) mass is 182 g/mol. The largest absolute Gasteiger partial charge is 0.390 e. The summed E-state index contributed by atoms with van der Waals surface area (Å²) in [4.78, 5) is 0. The minimum absolute atomic E-state index is 0.553. The Morgan fingerprint density at radius 3 is 2.46 bits per heavy atom. The third-order valence-corrected chi connectivity index (χ3v) is 2.61. The molecule has 0 aliphatic heterocycles. The first-order valence-electron chi connectivity index (χ1n) is 4.79. The van der Waals surface area contributed by atoms with E-state index in [1.807, 2.05) is 33.3 Å². The zero-order chi connectivity index (χ0) is 9.90. The van der Waals surface area contributed by atoms with E-state index in [0.29, 0.717) is 6.42 Å². The Hall–Kier alpha value is -0.830. The summed E-state index contributed by atoms with van der Waals surface area (Å²) in [6.45, 7) is 4.03. The first-order valence-corrected chi connectivity index (χ1v) is 4.79. The zero-order valence-electron chi connectivity index (χ0n) is 8.62. The third-order valence-electron chi connectivity index (χ3n) is 2.61. The predicted octanol–water partition coefficient (Wildman–Crippen LogP) is 1.51. The van der Waals surface area contributed by atoms with Crippen molar-refractivity contribution in [2.24, 2.45) is 7.05 Å². The molecule has 0 aromatic carbocycles. The maximum absolute atomic E-state index is 10.1. The van der Waals surface area contributed by atoms with Crippen LogP contribution in [-0.4, -0.2) is 20.5 Å². The molecule has 0 unspecified atom stereocenters. The Morgan fingerprint density at radius 1 is 1.46 bits per heavy atom. The summed E-state index contributed by atoms with van der Waals surface area (Å²) in [7, 11) is 1.89. The van der Waals surface area contributed by atoms with E-state index < -0.39 is 5.60 Å². The molecular formula is C10H18N2O. The zero-order valence-corrected chi connectivity index (χ0v) is 8.62. The lowest BCUT2D eigenvalue weighted by Crippen LogP contribution is -2.29. The molecule has 1 N–H and O–H groups in total. The topological polar surface area (TPSA) is 38.1 Å².